The molecule has 2 unspecified atom stereocenters. The number of hydrogen-bond donors (Lipinski definition) is 2. The first-order valence-electron chi connectivity index (χ1n) is 10.3. The van der Waals surface area contributed by atoms with Crippen molar-refractivity contribution in [3.63, 3.8) is 0 Å². The second kappa shape index (κ2) is 8.64. The Labute approximate surface area is 182 Å². The van der Waals surface area contributed by atoms with Crippen LogP contribution < -0.4 is 10.6 Å². The highest BCUT2D eigenvalue weighted by atomic mass is 19.4. The number of carbonyl (C=O) groups is 1. The van der Waals surface area contributed by atoms with Gasteiger partial charge in [-0.15, -0.1) is 0 Å². The maximum atomic E-state index is 13.8. The summed E-state index contributed by atoms with van der Waals surface area (Å²) in [5.41, 5.74) is 2.48. The number of aryl methyl sites for hydroxylation is 1. The summed E-state index contributed by atoms with van der Waals surface area (Å²) in [6.45, 7) is 2.11. The molecule has 168 valence electrons. The Morgan fingerprint density at radius 2 is 1.78 bits per heavy atom. The molecule has 0 bridgehead atoms. The third kappa shape index (κ3) is 4.46. The van der Waals surface area contributed by atoms with Crippen molar-refractivity contribution in [1.82, 2.24) is 15.1 Å². The van der Waals surface area contributed by atoms with Crippen LogP contribution in [0.5, 0.6) is 0 Å². The minimum atomic E-state index is -4.52. The van der Waals surface area contributed by atoms with E-state index in [0.717, 1.165) is 22.9 Å². The van der Waals surface area contributed by atoms with Gasteiger partial charge in [-0.1, -0.05) is 43.3 Å². The van der Waals surface area contributed by atoms with E-state index in [1.165, 1.54) is 24.3 Å². The van der Waals surface area contributed by atoms with Gasteiger partial charge in [0, 0.05) is 13.0 Å². The monoisotopic (exact) mass is 446 g/mol. The number of nitrogens with zero attached hydrogens (tertiary/aromatic N) is 2. The lowest BCUT2D eigenvalue weighted by molar-refractivity contribution is -0.173. The van der Waals surface area contributed by atoms with E-state index < -0.39 is 30.0 Å². The summed E-state index contributed by atoms with van der Waals surface area (Å²) >= 11 is 0. The van der Waals surface area contributed by atoms with Crippen molar-refractivity contribution in [1.29, 1.82) is 0 Å². The highest BCUT2D eigenvalue weighted by molar-refractivity contribution is 5.98. The fourth-order valence-corrected chi connectivity index (χ4v) is 3.81. The summed E-state index contributed by atoms with van der Waals surface area (Å²) in [5, 5.41) is 9.61. The first kappa shape index (κ1) is 21.9. The Morgan fingerprint density at radius 3 is 2.41 bits per heavy atom. The molecule has 0 saturated heterocycles. The van der Waals surface area contributed by atoms with Gasteiger partial charge in [0.2, 0.25) is 0 Å². The number of carbonyl (C=O) groups excluding carboxylic acids is 1. The molecule has 2 aromatic carbocycles. The minimum absolute atomic E-state index is 0.0243. The van der Waals surface area contributed by atoms with Crippen molar-refractivity contribution in [3.05, 3.63) is 82.8 Å². The molecule has 0 fully saturated rings. The number of benzene rings is 2. The SMILES string of the molecule is CCc1ccc(C2CC(C(F)(F)F)n3ncc(C(=O)NCc4ccc(F)cc4)c3N2)cc1. The molecule has 4 rings (SSSR count). The summed E-state index contributed by atoms with van der Waals surface area (Å²) in [5.74, 6) is -0.933. The van der Waals surface area contributed by atoms with Crippen molar-refractivity contribution < 1.29 is 22.4 Å². The van der Waals surface area contributed by atoms with Crippen LogP contribution in [0.2, 0.25) is 0 Å². The average Bonchev–Trinajstić information content (AvgIpc) is 3.21. The van der Waals surface area contributed by atoms with Gasteiger partial charge in [0.15, 0.2) is 6.04 Å². The van der Waals surface area contributed by atoms with Crippen LogP contribution >= 0.6 is 0 Å². The first-order valence-corrected chi connectivity index (χ1v) is 10.3. The Kier molecular flexibility index (Phi) is 5.90. The zero-order chi connectivity index (χ0) is 22.9. The van der Waals surface area contributed by atoms with Gasteiger partial charge >= 0.3 is 6.18 Å². The zero-order valence-corrected chi connectivity index (χ0v) is 17.3. The van der Waals surface area contributed by atoms with E-state index in [1.807, 2.05) is 31.2 Å². The molecule has 0 saturated carbocycles. The van der Waals surface area contributed by atoms with E-state index in [2.05, 4.69) is 15.7 Å². The molecule has 2 atom stereocenters. The molecule has 32 heavy (non-hydrogen) atoms. The first-order chi connectivity index (χ1) is 15.3. The minimum Gasteiger partial charge on any atom is -0.363 e. The van der Waals surface area contributed by atoms with Gasteiger partial charge < -0.3 is 10.6 Å². The highest BCUT2D eigenvalue weighted by Crippen LogP contribution is 2.44. The Morgan fingerprint density at radius 1 is 1.12 bits per heavy atom. The molecule has 2 heterocycles. The second-order valence-electron chi connectivity index (χ2n) is 7.75. The standard InChI is InChI=1S/C23H22F4N4O/c1-2-14-3-7-16(8-4-14)19-11-20(23(25,26)27)31-21(30-19)18(13-29-31)22(32)28-12-15-5-9-17(24)10-6-15/h3-10,13,19-20,30H,2,11-12H2,1H3,(H,28,32). The Hall–Kier alpha value is -3.36. The van der Waals surface area contributed by atoms with Crippen LogP contribution in [0.15, 0.2) is 54.7 Å². The largest absolute Gasteiger partial charge is 0.410 e. The maximum absolute atomic E-state index is 13.8. The lowest BCUT2D eigenvalue weighted by atomic mass is 9.95. The number of hydrogen-bond acceptors (Lipinski definition) is 3. The Balaban J connectivity index is 1.60. The molecule has 1 aliphatic heterocycles. The third-order valence-corrected chi connectivity index (χ3v) is 5.64. The van der Waals surface area contributed by atoms with Crippen LogP contribution in [0.4, 0.5) is 23.4 Å². The van der Waals surface area contributed by atoms with Crippen molar-refractivity contribution in [2.24, 2.45) is 0 Å². The van der Waals surface area contributed by atoms with Crippen LogP contribution in [0.3, 0.4) is 0 Å². The van der Waals surface area contributed by atoms with Crippen LogP contribution in [-0.2, 0) is 13.0 Å². The molecule has 0 aliphatic carbocycles. The van der Waals surface area contributed by atoms with Crippen LogP contribution in [0.25, 0.3) is 0 Å². The summed E-state index contributed by atoms with van der Waals surface area (Å²) in [7, 11) is 0. The summed E-state index contributed by atoms with van der Waals surface area (Å²) < 4.78 is 55.3. The van der Waals surface area contributed by atoms with Gasteiger partial charge in [-0.3, -0.25) is 4.79 Å². The lowest BCUT2D eigenvalue weighted by Gasteiger charge is -2.34. The number of anilines is 1. The lowest BCUT2D eigenvalue weighted by Crippen LogP contribution is -2.36. The highest BCUT2D eigenvalue weighted by Gasteiger charge is 2.47. The van der Waals surface area contributed by atoms with Crippen LogP contribution in [-0.4, -0.2) is 21.9 Å². The number of fused-ring (bicyclic) bond motifs is 1. The van der Waals surface area contributed by atoms with Crippen LogP contribution in [0.1, 0.15) is 52.5 Å². The number of halogens is 4. The smallest absolute Gasteiger partial charge is 0.363 e. The van der Waals surface area contributed by atoms with Gasteiger partial charge in [-0.2, -0.15) is 18.3 Å². The quantitative estimate of drug-likeness (QED) is 0.532. The van der Waals surface area contributed by atoms with E-state index in [4.69, 9.17) is 0 Å². The average molecular weight is 446 g/mol. The van der Waals surface area contributed by atoms with E-state index in [1.54, 1.807) is 0 Å². The third-order valence-electron chi connectivity index (χ3n) is 5.64. The van der Waals surface area contributed by atoms with E-state index in [9.17, 15) is 22.4 Å². The molecule has 0 spiro atoms. The van der Waals surface area contributed by atoms with Gasteiger partial charge in [0.05, 0.1) is 12.2 Å². The maximum Gasteiger partial charge on any atom is 0.410 e. The molecular formula is C23H22F4N4O. The fraction of sp³-hybridized carbons (Fsp3) is 0.304. The molecule has 0 radical (unpaired) electrons. The molecule has 2 N–H and O–H groups in total. The van der Waals surface area contributed by atoms with E-state index in [-0.39, 0.29) is 24.3 Å². The number of alkyl halides is 3. The van der Waals surface area contributed by atoms with Gasteiger partial charge in [-0.05, 0) is 35.2 Å². The number of rotatable bonds is 5. The van der Waals surface area contributed by atoms with Crippen molar-refractivity contribution >= 4 is 11.7 Å². The van der Waals surface area contributed by atoms with E-state index in [0.29, 0.717) is 11.1 Å². The van der Waals surface area contributed by atoms with Gasteiger partial charge in [-0.25, -0.2) is 9.07 Å². The van der Waals surface area contributed by atoms with Crippen molar-refractivity contribution in [3.8, 4) is 0 Å². The summed E-state index contributed by atoms with van der Waals surface area (Å²) in [6, 6.07) is 10.5. The normalized spacial score (nSPS) is 18.0. The number of aromatic nitrogens is 2. The summed E-state index contributed by atoms with van der Waals surface area (Å²) in [6.07, 6.45) is -2.79. The fourth-order valence-electron chi connectivity index (χ4n) is 3.81. The van der Waals surface area contributed by atoms with Crippen molar-refractivity contribution in [2.75, 3.05) is 5.32 Å². The predicted molar refractivity (Wildman–Crippen MR) is 112 cm³/mol. The summed E-state index contributed by atoms with van der Waals surface area (Å²) in [4.78, 5) is 12.7. The van der Waals surface area contributed by atoms with Gasteiger partial charge in [0.25, 0.3) is 5.91 Å². The molecule has 5 nitrogen and oxygen atoms in total. The molecule has 1 aromatic heterocycles. The molecule has 9 heteroatoms. The van der Waals surface area contributed by atoms with Crippen molar-refractivity contribution in [2.45, 2.75) is 44.6 Å². The topological polar surface area (TPSA) is 59.0 Å². The number of amides is 1. The molecule has 1 amide bonds. The van der Waals surface area contributed by atoms with Crippen LogP contribution in [0, 0.1) is 5.82 Å². The van der Waals surface area contributed by atoms with Gasteiger partial charge in [0.1, 0.15) is 17.2 Å². The Bertz CT molecular complexity index is 1090. The van der Waals surface area contributed by atoms with E-state index >= 15 is 0 Å². The molecule has 1 aliphatic rings. The predicted octanol–water partition coefficient (Wildman–Crippen LogP) is 5.17. The number of nitrogens with one attached hydrogen (secondary N) is 2. The zero-order valence-electron chi connectivity index (χ0n) is 17.3. The molecular weight excluding hydrogens is 424 g/mol. The molecule has 3 aromatic rings. The second-order valence-corrected chi connectivity index (χ2v) is 7.75.